The molecule has 3 aromatic rings. The van der Waals surface area contributed by atoms with Gasteiger partial charge in [0, 0.05) is 31.2 Å². The Hall–Kier alpha value is -3.06. The average Bonchev–Trinajstić information content (AvgIpc) is 2.67. The average molecular weight is 366 g/mol. The summed E-state index contributed by atoms with van der Waals surface area (Å²) in [6.07, 6.45) is 0. The molecule has 0 bridgehead atoms. The Morgan fingerprint density at radius 2 is 1.96 bits per heavy atom. The van der Waals surface area contributed by atoms with Crippen LogP contribution >= 0.6 is 0 Å². The summed E-state index contributed by atoms with van der Waals surface area (Å²) in [7, 11) is 0. The maximum absolute atomic E-state index is 13.4. The molecule has 2 N–H and O–H groups in total. The predicted octanol–water partition coefficient (Wildman–Crippen LogP) is 2.93. The first kappa shape index (κ1) is 17.4. The molecule has 1 aliphatic heterocycles. The Morgan fingerprint density at radius 3 is 2.67 bits per heavy atom. The Kier molecular flexibility index (Phi) is 4.45. The van der Waals surface area contributed by atoms with E-state index in [9.17, 15) is 14.3 Å². The lowest BCUT2D eigenvalue weighted by Gasteiger charge is -2.35. The molecule has 2 aromatic carbocycles. The van der Waals surface area contributed by atoms with Gasteiger partial charge in [-0.1, -0.05) is 0 Å². The second-order valence-corrected chi connectivity index (χ2v) is 6.66. The van der Waals surface area contributed by atoms with E-state index in [4.69, 9.17) is 9.97 Å². The molecule has 0 amide bonds. The first-order valence-corrected chi connectivity index (χ1v) is 8.81. The number of carbonyl (C=O) groups is 1. The zero-order valence-corrected chi connectivity index (χ0v) is 14.8. The van der Waals surface area contributed by atoms with Crippen molar-refractivity contribution in [3.63, 3.8) is 0 Å². The molecular weight excluding hydrogens is 347 g/mol. The van der Waals surface area contributed by atoms with Crippen LogP contribution in [0.5, 0.6) is 0 Å². The van der Waals surface area contributed by atoms with Crippen molar-refractivity contribution in [3.05, 3.63) is 53.8 Å². The van der Waals surface area contributed by atoms with Gasteiger partial charge < -0.3 is 15.3 Å². The Labute approximate surface area is 155 Å². The number of nitrogens with zero attached hydrogens (tertiary/aromatic N) is 3. The number of aromatic carboxylic acids is 1. The fraction of sp³-hybridized carbons (Fsp3) is 0.250. The van der Waals surface area contributed by atoms with E-state index in [1.165, 1.54) is 24.3 Å². The second-order valence-electron chi connectivity index (χ2n) is 6.66. The summed E-state index contributed by atoms with van der Waals surface area (Å²) in [6.45, 7) is 4.49. The fourth-order valence-corrected chi connectivity index (χ4v) is 3.34. The normalized spacial score (nSPS) is 17.3. The quantitative estimate of drug-likeness (QED) is 0.742. The van der Waals surface area contributed by atoms with Gasteiger partial charge in [-0.2, -0.15) is 0 Å². The number of anilines is 1. The lowest BCUT2D eigenvalue weighted by molar-refractivity contribution is 0.0697. The van der Waals surface area contributed by atoms with E-state index in [2.05, 4.69) is 17.1 Å². The van der Waals surface area contributed by atoms with E-state index < -0.39 is 5.97 Å². The van der Waals surface area contributed by atoms with Crippen LogP contribution in [0.2, 0.25) is 0 Å². The number of hydrogen-bond acceptors (Lipinski definition) is 5. The Balaban J connectivity index is 1.93. The van der Waals surface area contributed by atoms with E-state index in [1.54, 1.807) is 18.2 Å². The van der Waals surface area contributed by atoms with Gasteiger partial charge in [0.05, 0.1) is 16.6 Å². The van der Waals surface area contributed by atoms with Crippen molar-refractivity contribution in [1.29, 1.82) is 0 Å². The third-order valence-electron chi connectivity index (χ3n) is 4.78. The molecule has 1 unspecified atom stereocenters. The molecule has 4 rings (SSSR count). The second kappa shape index (κ2) is 6.92. The number of carboxylic acids is 1. The number of benzene rings is 2. The van der Waals surface area contributed by atoms with E-state index in [1.807, 2.05) is 0 Å². The van der Waals surface area contributed by atoms with Gasteiger partial charge >= 0.3 is 5.97 Å². The number of fused-ring (bicyclic) bond motifs is 1. The topological polar surface area (TPSA) is 78.4 Å². The molecule has 1 atom stereocenters. The number of aromatic nitrogens is 2. The van der Waals surface area contributed by atoms with Gasteiger partial charge in [-0.05, 0) is 49.4 Å². The maximum atomic E-state index is 13.4. The van der Waals surface area contributed by atoms with Crippen LogP contribution in [0, 0.1) is 5.82 Å². The molecule has 6 nitrogen and oxygen atoms in total. The van der Waals surface area contributed by atoms with Gasteiger partial charge in [0.25, 0.3) is 0 Å². The zero-order valence-electron chi connectivity index (χ0n) is 14.8. The van der Waals surface area contributed by atoms with Crippen LogP contribution in [-0.2, 0) is 0 Å². The Morgan fingerprint density at radius 1 is 1.19 bits per heavy atom. The summed E-state index contributed by atoms with van der Waals surface area (Å²) < 4.78 is 13.4. The minimum atomic E-state index is -1.00. The summed E-state index contributed by atoms with van der Waals surface area (Å²) >= 11 is 0. The molecule has 0 radical (unpaired) electrons. The van der Waals surface area contributed by atoms with Crippen LogP contribution in [0.1, 0.15) is 17.3 Å². The van der Waals surface area contributed by atoms with E-state index in [-0.39, 0.29) is 17.4 Å². The number of hydrogen-bond donors (Lipinski definition) is 2. The summed E-state index contributed by atoms with van der Waals surface area (Å²) in [5.41, 5.74) is 2.74. The number of halogens is 1. The third-order valence-corrected chi connectivity index (χ3v) is 4.78. The van der Waals surface area contributed by atoms with Crippen molar-refractivity contribution in [2.45, 2.75) is 13.0 Å². The van der Waals surface area contributed by atoms with Crippen LogP contribution < -0.4 is 10.2 Å². The molecule has 1 aromatic heterocycles. The van der Waals surface area contributed by atoms with Gasteiger partial charge in [-0.25, -0.2) is 19.2 Å². The van der Waals surface area contributed by atoms with Crippen molar-refractivity contribution in [2.75, 3.05) is 24.5 Å². The SMILES string of the molecule is CC1CNCCN1c1nc2cc(C(=O)O)ccc2nc1-c1ccc(F)cc1. The van der Waals surface area contributed by atoms with Crippen LogP contribution in [0.3, 0.4) is 0 Å². The third kappa shape index (κ3) is 3.33. The molecule has 27 heavy (non-hydrogen) atoms. The van der Waals surface area contributed by atoms with Crippen LogP contribution in [0.15, 0.2) is 42.5 Å². The standard InChI is InChI=1S/C20H19FN4O2/c1-12-11-22-8-9-25(12)19-18(13-2-5-15(21)6-3-13)23-16-7-4-14(20(26)27)10-17(16)24-19/h2-7,10,12,22H,8-9,11H2,1H3,(H,26,27). The van der Waals surface area contributed by atoms with E-state index in [0.717, 1.165) is 25.2 Å². The number of carboxylic acid groups (broad SMARTS) is 1. The summed E-state index contributed by atoms with van der Waals surface area (Å²) in [6, 6.07) is 11.1. The molecule has 2 heterocycles. The zero-order chi connectivity index (χ0) is 19.0. The first-order valence-electron chi connectivity index (χ1n) is 8.81. The number of piperazine rings is 1. The molecule has 138 valence electrons. The fourth-order valence-electron chi connectivity index (χ4n) is 3.34. The molecule has 0 spiro atoms. The van der Waals surface area contributed by atoms with Gasteiger partial charge in [0.15, 0.2) is 5.82 Å². The Bertz CT molecular complexity index is 1010. The van der Waals surface area contributed by atoms with Crippen molar-refractivity contribution in [1.82, 2.24) is 15.3 Å². The molecule has 0 saturated carbocycles. The van der Waals surface area contributed by atoms with Gasteiger partial charge in [0.1, 0.15) is 11.5 Å². The largest absolute Gasteiger partial charge is 0.478 e. The first-order chi connectivity index (χ1) is 13.0. The monoisotopic (exact) mass is 366 g/mol. The smallest absolute Gasteiger partial charge is 0.335 e. The molecule has 0 aliphatic carbocycles. The molecule has 1 saturated heterocycles. The van der Waals surface area contributed by atoms with Crippen molar-refractivity contribution >= 4 is 22.8 Å². The highest BCUT2D eigenvalue weighted by Crippen LogP contribution is 2.31. The minimum Gasteiger partial charge on any atom is -0.478 e. The number of nitrogens with one attached hydrogen (secondary N) is 1. The predicted molar refractivity (Wildman–Crippen MR) is 102 cm³/mol. The minimum absolute atomic E-state index is 0.172. The van der Waals surface area contributed by atoms with Crippen molar-refractivity contribution in [2.24, 2.45) is 0 Å². The molecule has 1 fully saturated rings. The summed E-state index contributed by atoms with van der Waals surface area (Å²) in [5, 5.41) is 12.6. The molecule has 7 heteroatoms. The molecular formula is C20H19FN4O2. The van der Waals surface area contributed by atoms with Crippen LogP contribution in [0.4, 0.5) is 10.2 Å². The highest BCUT2D eigenvalue weighted by molar-refractivity contribution is 5.93. The van der Waals surface area contributed by atoms with Gasteiger partial charge in [-0.3, -0.25) is 0 Å². The van der Waals surface area contributed by atoms with Crippen molar-refractivity contribution in [3.8, 4) is 11.3 Å². The highest BCUT2D eigenvalue weighted by atomic mass is 19.1. The van der Waals surface area contributed by atoms with Crippen molar-refractivity contribution < 1.29 is 14.3 Å². The summed E-state index contributed by atoms with van der Waals surface area (Å²) in [4.78, 5) is 23.0. The van der Waals surface area contributed by atoms with Gasteiger partial charge in [-0.15, -0.1) is 0 Å². The highest BCUT2D eigenvalue weighted by Gasteiger charge is 2.24. The lowest BCUT2D eigenvalue weighted by Crippen LogP contribution is -2.50. The van der Waals surface area contributed by atoms with Gasteiger partial charge in [0.2, 0.25) is 0 Å². The maximum Gasteiger partial charge on any atom is 0.335 e. The lowest BCUT2D eigenvalue weighted by atomic mass is 10.1. The van der Waals surface area contributed by atoms with E-state index in [0.29, 0.717) is 22.5 Å². The number of rotatable bonds is 3. The van der Waals surface area contributed by atoms with Crippen LogP contribution in [0.25, 0.3) is 22.3 Å². The molecule has 1 aliphatic rings. The summed E-state index contributed by atoms with van der Waals surface area (Å²) in [5.74, 6) is -0.625. The van der Waals surface area contributed by atoms with Crippen LogP contribution in [-0.4, -0.2) is 46.7 Å². The van der Waals surface area contributed by atoms with E-state index >= 15 is 0 Å².